The second-order valence-electron chi connectivity index (χ2n) is 19.5. The van der Waals surface area contributed by atoms with Gasteiger partial charge in [-0.05, 0) is 111 Å². The van der Waals surface area contributed by atoms with Gasteiger partial charge in [0.25, 0.3) is 5.91 Å². The summed E-state index contributed by atoms with van der Waals surface area (Å²) in [5, 5.41) is 3.16. The molecule has 2 aromatic heterocycles. The molecule has 14 nitrogen and oxygen atoms in total. The van der Waals surface area contributed by atoms with E-state index in [1.807, 2.05) is 18.2 Å². The molecule has 3 aromatic carbocycles. The van der Waals surface area contributed by atoms with Crippen molar-refractivity contribution in [3.63, 3.8) is 0 Å². The van der Waals surface area contributed by atoms with Gasteiger partial charge in [-0.1, -0.05) is 18.7 Å². The zero-order chi connectivity index (χ0) is 47.1. The van der Waals surface area contributed by atoms with Crippen molar-refractivity contribution >= 4 is 55.9 Å². The molecule has 8 heterocycles. The maximum Gasteiger partial charge on any atom is 0.301 e. The average molecular weight is 948 g/mol. The number of likely N-dealkylation sites (tertiary alicyclic amines) is 1. The number of alkyl halides is 1. The minimum absolute atomic E-state index is 0.00819. The number of fused-ring (bicyclic) bond motifs is 2. The van der Waals surface area contributed by atoms with Crippen LogP contribution in [0, 0.1) is 23.0 Å². The Bertz CT molecular complexity index is 2990. The fraction of sp³-hybridized carbons (Fsp3) is 0.400. The molecule has 2 amide bonds. The zero-order valence-electron chi connectivity index (χ0n) is 37.4. The highest BCUT2D eigenvalue weighted by Crippen LogP contribution is 2.43. The Morgan fingerprint density at radius 1 is 0.897 bits per heavy atom. The second kappa shape index (κ2) is 17.1. The molecule has 6 aliphatic rings. The van der Waals surface area contributed by atoms with E-state index in [0.717, 1.165) is 97.6 Å². The molecule has 0 bridgehead atoms. The number of aromatic amines is 1. The molecular formula is C50H52F3N9O5S. The highest BCUT2D eigenvalue weighted by atomic mass is 32.2. The lowest BCUT2D eigenvalue weighted by atomic mass is 9.78. The van der Waals surface area contributed by atoms with E-state index in [9.17, 15) is 27.2 Å². The summed E-state index contributed by atoms with van der Waals surface area (Å²) in [5.41, 5.74) is 5.21. The normalized spacial score (nSPS) is 22.3. The van der Waals surface area contributed by atoms with Gasteiger partial charge in [-0.25, -0.2) is 18.2 Å². The molecule has 11 rings (SSSR count). The number of ketones is 1. The number of carbonyl (C=O) groups is 3. The molecule has 68 heavy (non-hydrogen) atoms. The topological polar surface area (TPSA) is 154 Å². The third-order valence-electron chi connectivity index (χ3n) is 15.0. The molecule has 6 aliphatic heterocycles. The third kappa shape index (κ3) is 8.08. The monoisotopic (exact) mass is 947 g/mol. The Kier molecular flexibility index (Phi) is 11.1. The molecule has 0 aliphatic carbocycles. The van der Waals surface area contributed by atoms with Crippen LogP contribution in [0.25, 0.3) is 22.2 Å². The standard InChI is InChI=1S/C50H52F3N9O5S/c1-30-2-11-43(48(64)56-30)62-25-34-20-37(7-8-38(34)49(62)65)59-16-12-31(13-17-59)24-58-19-15-50(27-58)28-60(29-50)36-5-3-32(4-6-36)33-21-39-40(23-55-47(39)54-22-33)46(63)44-41(52)9-10-42(45(44)53)57-68(66,67)61-18-14-35(51)26-61/h3-10,20-23,31,35,43,57H,1-2,11-19,24-29H2,(H,54,55)(H,56,64)/t35-,43?/m1/s1. The summed E-state index contributed by atoms with van der Waals surface area (Å²) in [5.74, 6) is -3.12. The summed E-state index contributed by atoms with van der Waals surface area (Å²) in [6.07, 6.45) is 6.32. The van der Waals surface area contributed by atoms with Crippen LogP contribution in [0.15, 0.2) is 85.3 Å². The van der Waals surface area contributed by atoms with E-state index in [4.69, 9.17) is 0 Å². The number of benzene rings is 3. The van der Waals surface area contributed by atoms with Crippen molar-refractivity contribution in [1.29, 1.82) is 0 Å². The lowest BCUT2D eigenvalue weighted by molar-refractivity contribution is -0.126. The number of piperidine rings is 2. The molecular weight excluding hydrogens is 896 g/mol. The number of hydrogen-bond acceptors (Lipinski definition) is 9. The summed E-state index contributed by atoms with van der Waals surface area (Å²) < 4.78 is 73.2. The number of nitrogens with one attached hydrogen (secondary N) is 3. The predicted octanol–water partition coefficient (Wildman–Crippen LogP) is 6.62. The lowest BCUT2D eigenvalue weighted by Crippen LogP contribution is -2.57. The molecule has 5 aromatic rings. The smallest absolute Gasteiger partial charge is 0.301 e. The second-order valence-corrected chi connectivity index (χ2v) is 21.2. The number of H-pyrrole nitrogens is 1. The van der Waals surface area contributed by atoms with Crippen LogP contribution in [0.2, 0.25) is 0 Å². The molecule has 5 saturated heterocycles. The molecule has 354 valence electrons. The molecule has 1 unspecified atom stereocenters. The summed E-state index contributed by atoms with van der Waals surface area (Å²) in [6.45, 7) is 11.0. The van der Waals surface area contributed by atoms with Gasteiger partial charge in [-0.3, -0.25) is 19.1 Å². The number of nitrogens with zero attached hydrogens (tertiary/aromatic N) is 6. The number of anilines is 3. The number of hydrogen-bond donors (Lipinski definition) is 3. The van der Waals surface area contributed by atoms with Gasteiger partial charge in [-0.2, -0.15) is 12.7 Å². The van der Waals surface area contributed by atoms with E-state index in [0.29, 0.717) is 53.2 Å². The fourth-order valence-electron chi connectivity index (χ4n) is 11.3. The van der Waals surface area contributed by atoms with E-state index in [1.54, 1.807) is 17.2 Å². The molecule has 2 atom stereocenters. The van der Waals surface area contributed by atoms with E-state index < -0.39 is 51.1 Å². The largest absolute Gasteiger partial charge is 0.372 e. The van der Waals surface area contributed by atoms with Crippen molar-refractivity contribution in [3.8, 4) is 11.1 Å². The van der Waals surface area contributed by atoms with Crippen LogP contribution in [0.4, 0.5) is 30.2 Å². The van der Waals surface area contributed by atoms with Crippen molar-refractivity contribution < 1.29 is 36.0 Å². The van der Waals surface area contributed by atoms with Gasteiger partial charge in [-0.15, -0.1) is 0 Å². The van der Waals surface area contributed by atoms with Gasteiger partial charge in [0, 0.05) is 116 Å². The van der Waals surface area contributed by atoms with Crippen molar-refractivity contribution in [2.45, 2.75) is 57.3 Å². The van der Waals surface area contributed by atoms with Crippen LogP contribution >= 0.6 is 0 Å². The summed E-state index contributed by atoms with van der Waals surface area (Å²) in [4.78, 5) is 56.3. The fourth-order valence-corrected chi connectivity index (χ4v) is 12.5. The van der Waals surface area contributed by atoms with Crippen LogP contribution in [0.3, 0.4) is 0 Å². The Balaban J connectivity index is 0.681. The molecule has 3 N–H and O–H groups in total. The first-order valence-electron chi connectivity index (χ1n) is 23.4. The predicted molar refractivity (Wildman–Crippen MR) is 252 cm³/mol. The van der Waals surface area contributed by atoms with Crippen molar-refractivity contribution in [2.24, 2.45) is 11.3 Å². The van der Waals surface area contributed by atoms with Crippen molar-refractivity contribution in [3.05, 3.63) is 119 Å². The van der Waals surface area contributed by atoms with Gasteiger partial charge in [0.2, 0.25) is 11.7 Å². The Morgan fingerprint density at radius 3 is 2.43 bits per heavy atom. The Morgan fingerprint density at radius 2 is 1.68 bits per heavy atom. The molecule has 5 fully saturated rings. The van der Waals surface area contributed by atoms with Crippen LogP contribution in [0.1, 0.15) is 70.4 Å². The van der Waals surface area contributed by atoms with Crippen LogP contribution < -0.4 is 19.8 Å². The summed E-state index contributed by atoms with van der Waals surface area (Å²) >= 11 is 0. The summed E-state index contributed by atoms with van der Waals surface area (Å²) in [7, 11) is -4.35. The third-order valence-corrected chi connectivity index (χ3v) is 16.5. The van der Waals surface area contributed by atoms with Crippen LogP contribution in [-0.2, 0) is 21.5 Å². The van der Waals surface area contributed by atoms with Gasteiger partial charge < -0.3 is 29.9 Å². The first-order valence-corrected chi connectivity index (χ1v) is 24.8. The average Bonchev–Trinajstić information content (AvgIpc) is 4.13. The Hall–Kier alpha value is -6.24. The summed E-state index contributed by atoms with van der Waals surface area (Å²) in [6, 6.07) is 17.3. The molecule has 1 spiro atoms. The quantitative estimate of drug-likeness (QED) is 0.124. The lowest BCUT2D eigenvalue weighted by Gasteiger charge is -2.49. The highest BCUT2D eigenvalue weighted by molar-refractivity contribution is 7.90. The van der Waals surface area contributed by atoms with Crippen molar-refractivity contribution in [2.75, 3.05) is 73.4 Å². The van der Waals surface area contributed by atoms with Gasteiger partial charge in [0.05, 0.1) is 11.3 Å². The van der Waals surface area contributed by atoms with Crippen LogP contribution in [0.5, 0.6) is 0 Å². The minimum Gasteiger partial charge on any atom is -0.372 e. The zero-order valence-corrected chi connectivity index (χ0v) is 38.3. The number of halogens is 3. The number of allylic oxidation sites excluding steroid dienone is 1. The van der Waals surface area contributed by atoms with E-state index in [-0.39, 0.29) is 42.3 Å². The van der Waals surface area contributed by atoms with E-state index >= 15 is 8.78 Å². The van der Waals surface area contributed by atoms with Gasteiger partial charge >= 0.3 is 10.2 Å². The number of aromatic nitrogens is 2. The SMILES string of the molecule is C=C1CCC(N2Cc3cc(N4CCC(CN5CCC6(C5)CN(c5ccc(-c7cnc8[nH]cc(C(=O)c9c(F)ccc(NS(=O)(=O)N%10CC[C@@H](F)C%10)c9F)c8c7)cc5)C6)CC4)ccc3C2=O)C(=O)N1. The highest BCUT2D eigenvalue weighted by Gasteiger charge is 2.48. The van der Waals surface area contributed by atoms with Crippen molar-refractivity contribution in [1.82, 2.24) is 29.4 Å². The maximum atomic E-state index is 15.8. The van der Waals surface area contributed by atoms with Gasteiger partial charge in [0.15, 0.2) is 5.82 Å². The maximum absolute atomic E-state index is 15.8. The van der Waals surface area contributed by atoms with E-state index in [2.05, 4.69) is 65.6 Å². The number of amides is 2. The molecule has 18 heteroatoms. The first kappa shape index (κ1) is 44.3. The Labute approximate surface area is 392 Å². The minimum atomic E-state index is -4.35. The first-order chi connectivity index (χ1) is 32.7. The van der Waals surface area contributed by atoms with E-state index in [1.165, 1.54) is 12.6 Å². The number of rotatable bonds is 11. The molecule has 0 radical (unpaired) electrons. The number of pyridine rings is 1. The number of carbonyl (C=O) groups excluding carboxylic acids is 3. The molecule has 0 saturated carbocycles. The van der Waals surface area contributed by atoms with Crippen LogP contribution in [-0.4, -0.2) is 121 Å². The van der Waals surface area contributed by atoms with Gasteiger partial charge in [0.1, 0.15) is 23.7 Å².